The fourth-order valence-electron chi connectivity index (χ4n) is 4.72. The van der Waals surface area contributed by atoms with E-state index in [1.54, 1.807) is 40.7 Å². The highest BCUT2D eigenvalue weighted by atomic mass is 19.1. The summed E-state index contributed by atoms with van der Waals surface area (Å²) in [7, 11) is 0. The summed E-state index contributed by atoms with van der Waals surface area (Å²) in [6, 6.07) is 5.58. The van der Waals surface area contributed by atoms with Crippen molar-refractivity contribution in [3.05, 3.63) is 60.4 Å². The zero-order chi connectivity index (χ0) is 23.8. The van der Waals surface area contributed by atoms with E-state index in [-0.39, 0.29) is 11.6 Å². The first-order chi connectivity index (χ1) is 16.5. The van der Waals surface area contributed by atoms with Crippen LogP contribution in [-0.2, 0) is 0 Å². The van der Waals surface area contributed by atoms with Gasteiger partial charge >= 0.3 is 0 Å². The van der Waals surface area contributed by atoms with Crippen LogP contribution in [0.5, 0.6) is 0 Å². The predicted octanol–water partition coefficient (Wildman–Crippen LogP) is 4.06. The molecule has 4 heterocycles. The lowest BCUT2D eigenvalue weighted by Gasteiger charge is -2.34. The van der Waals surface area contributed by atoms with Gasteiger partial charge in [-0.2, -0.15) is 5.10 Å². The summed E-state index contributed by atoms with van der Waals surface area (Å²) < 4.78 is 17.7. The summed E-state index contributed by atoms with van der Waals surface area (Å²) in [5.41, 5.74) is 3.33. The second kappa shape index (κ2) is 8.90. The number of benzene rings is 1. The molecule has 1 saturated heterocycles. The molecule has 5 rings (SSSR count). The Kier molecular flexibility index (Phi) is 5.79. The van der Waals surface area contributed by atoms with E-state index in [2.05, 4.69) is 39.1 Å². The highest BCUT2D eigenvalue weighted by Crippen LogP contribution is 2.31. The minimum atomic E-state index is -0.497. The van der Waals surface area contributed by atoms with Crippen molar-refractivity contribution in [2.45, 2.75) is 32.7 Å². The van der Waals surface area contributed by atoms with Crippen molar-refractivity contribution < 1.29 is 9.18 Å². The number of carbonyl (C=O) groups is 1. The predicted molar refractivity (Wildman–Crippen MR) is 133 cm³/mol. The molecule has 0 spiro atoms. The van der Waals surface area contributed by atoms with Crippen molar-refractivity contribution in [3.8, 4) is 0 Å². The molecule has 1 aliphatic heterocycles. The van der Waals surface area contributed by atoms with Gasteiger partial charge in [0, 0.05) is 61.1 Å². The number of piperidine rings is 1. The molecule has 0 unspecified atom stereocenters. The minimum absolute atomic E-state index is 0.227. The number of carbonyl (C=O) groups excluding carboxylic acids is 1. The van der Waals surface area contributed by atoms with Crippen molar-refractivity contribution in [2.24, 2.45) is 0 Å². The number of hydrogen-bond donors (Lipinski definition) is 2. The van der Waals surface area contributed by atoms with E-state index in [1.165, 1.54) is 6.07 Å². The van der Waals surface area contributed by atoms with Crippen molar-refractivity contribution in [3.63, 3.8) is 0 Å². The molecule has 0 aliphatic carbocycles. The number of rotatable bonds is 6. The van der Waals surface area contributed by atoms with Gasteiger partial charge in [0.2, 0.25) is 0 Å². The first-order valence-corrected chi connectivity index (χ1v) is 11.6. The largest absolute Gasteiger partial charge is 0.371 e. The number of aromatic nitrogens is 4. The van der Waals surface area contributed by atoms with Crippen LogP contribution >= 0.6 is 0 Å². The average molecular weight is 462 g/mol. The molecule has 1 aromatic carbocycles. The van der Waals surface area contributed by atoms with Gasteiger partial charge in [0.15, 0.2) is 11.5 Å². The number of anilines is 2. The highest BCUT2D eigenvalue weighted by Gasteiger charge is 2.23. The first-order valence-electron chi connectivity index (χ1n) is 11.6. The van der Waals surface area contributed by atoms with Gasteiger partial charge in [-0.1, -0.05) is 13.5 Å². The molecule has 8 nitrogen and oxygen atoms in total. The molecule has 4 aromatic rings. The number of halogens is 1. The van der Waals surface area contributed by atoms with Crippen LogP contribution in [0.3, 0.4) is 0 Å². The zero-order valence-corrected chi connectivity index (χ0v) is 19.4. The molecule has 3 aromatic heterocycles. The third-order valence-electron chi connectivity index (χ3n) is 6.32. The Hall–Kier alpha value is -3.72. The smallest absolute Gasteiger partial charge is 0.257 e. The van der Waals surface area contributed by atoms with E-state index < -0.39 is 5.82 Å². The highest BCUT2D eigenvalue weighted by molar-refractivity contribution is 6.14. The van der Waals surface area contributed by atoms with Gasteiger partial charge in [0.1, 0.15) is 5.52 Å². The van der Waals surface area contributed by atoms with Gasteiger partial charge in [-0.3, -0.25) is 4.79 Å². The maximum absolute atomic E-state index is 14.5. The number of imidazole rings is 1. The Morgan fingerprint density at radius 2 is 2.06 bits per heavy atom. The van der Waals surface area contributed by atoms with Crippen LogP contribution in [-0.4, -0.2) is 50.7 Å². The van der Waals surface area contributed by atoms with Gasteiger partial charge in [-0.05, 0) is 38.4 Å². The molecular weight excluding hydrogens is 433 g/mol. The van der Waals surface area contributed by atoms with E-state index in [0.717, 1.165) is 43.5 Å². The van der Waals surface area contributed by atoms with Gasteiger partial charge in [0.05, 0.1) is 16.9 Å². The van der Waals surface area contributed by atoms with E-state index in [0.29, 0.717) is 28.5 Å². The van der Waals surface area contributed by atoms with E-state index in [4.69, 9.17) is 0 Å². The van der Waals surface area contributed by atoms with Crippen LogP contribution < -0.4 is 15.5 Å². The molecule has 176 valence electrons. The van der Waals surface area contributed by atoms with E-state index >= 15 is 0 Å². The summed E-state index contributed by atoms with van der Waals surface area (Å²) in [5.74, 6) is -0.851. The van der Waals surface area contributed by atoms with Crippen molar-refractivity contribution in [2.75, 3.05) is 29.9 Å². The fraction of sp³-hybridized carbons (Fsp3) is 0.320. The number of pyridine rings is 1. The minimum Gasteiger partial charge on any atom is -0.371 e. The SMILES string of the molecule is C=Cn1cc2c(N3CCC(NCC)CC3)ccc(C(=O)Nc3cc(F)c4nc(C)cn4c3)c2n1. The molecule has 9 heteroatoms. The second-order valence-electron chi connectivity index (χ2n) is 8.65. The van der Waals surface area contributed by atoms with Crippen LogP contribution in [0.4, 0.5) is 15.8 Å². The Labute approximate surface area is 197 Å². The third kappa shape index (κ3) is 4.03. The normalized spacial score (nSPS) is 14.7. The van der Waals surface area contributed by atoms with E-state index in [1.807, 2.05) is 12.3 Å². The Morgan fingerprint density at radius 3 is 2.79 bits per heavy atom. The number of amides is 1. The summed E-state index contributed by atoms with van der Waals surface area (Å²) in [5, 5.41) is 11.8. The summed E-state index contributed by atoms with van der Waals surface area (Å²) in [6.07, 6.45) is 8.99. The molecule has 1 fully saturated rings. The number of fused-ring (bicyclic) bond motifs is 2. The molecule has 0 radical (unpaired) electrons. The topological polar surface area (TPSA) is 79.5 Å². The van der Waals surface area contributed by atoms with Crippen molar-refractivity contribution >= 4 is 40.0 Å². The lowest BCUT2D eigenvalue weighted by Crippen LogP contribution is -2.42. The fourth-order valence-corrected chi connectivity index (χ4v) is 4.72. The number of nitrogens with zero attached hydrogens (tertiary/aromatic N) is 5. The Morgan fingerprint density at radius 1 is 1.26 bits per heavy atom. The molecule has 1 aliphatic rings. The standard InChI is InChI=1S/C25H28FN7O/c1-4-27-17-8-10-31(11-9-17)22-7-6-19(23-20(22)15-33(5-2)30-23)25(34)29-18-12-21(26)24-28-16(3)13-32(24)14-18/h5-7,12-15,17,27H,2,4,8-11H2,1,3H3,(H,29,34). The molecule has 34 heavy (non-hydrogen) atoms. The average Bonchev–Trinajstić information content (AvgIpc) is 3.42. The van der Waals surface area contributed by atoms with Crippen molar-refractivity contribution in [1.82, 2.24) is 24.5 Å². The monoisotopic (exact) mass is 461 g/mol. The second-order valence-corrected chi connectivity index (χ2v) is 8.65. The van der Waals surface area contributed by atoms with Gasteiger partial charge in [0.25, 0.3) is 5.91 Å². The van der Waals surface area contributed by atoms with Crippen LogP contribution in [0.15, 0.2) is 43.4 Å². The summed E-state index contributed by atoms with van der Waals surface area (Å²) >= 11 is 0. The van der Waals surface area contributed by atoms with Crippen LogP contribution in [0.25, 0.3) is 22.8 Å². The number of nitrogens with one attached hydrogen (secondary N) is 2. The third-order valence-corrected chi connectivity index (χ3v) is 6.32. The molecule has 2 N–H and O–H groups in total. The maximum Gasteiger partial charge on any atom is 0.257 e. The van der Waals surface area contributed by atoms with Crippen molar-refractivity contribution in [1.29, 1.82) is 0 Å². The first kappa shape index (κ1) is 22.1. The Bertz CT molecular complexity index is 1380. The van der Waals surface area contributed by atoms with Crippen LogP contribution in [0, 0.1) is 12.7 Å². The summed E-state index contributed by atoms with van der Waals surface area (Å²) in [4.78, 5) is 19.7. The molecule has 0 saturated carbocycles. The van der Waals surface area contributed by atoms with Gasteiger partial charge in [-0.15, -0.1) is 0 Å². The summed E-state index contributed by atoms with van der Waals surface area (Å²) in [6.45, 7) is 10.6. The molecular formula is C25H28FN7O. The van der Waals surface area contributed by atoms with Gasteiger partial charge < -0.3 is 19.9 Å². The molecule has 1 amide bonds. The van der Waals surface area contributed by atoms with E-state index in [9.17, 15) is 9.18 Å². The number of aryl methyl sites for hydroxylation is 1. The van der Waals surface area contributed by atoms with Crippen LogP contribution in [0.1, 0.15) is 35.8 Å². The maximum atomic E-state index is 14.5. The zero-order valence-electron chi connectivity index (χ0n) is 19.4. The Balaban J connectivity index is 1.46. The van der Waals surface area contributed by atoms with Crippen LogP contribution in [0.2, 0.25) is 0 Å². The quantitative estimate of drug-likeness (QED) is 0.453. The van der Waals surface area contributed by atoms with Gasteiger partial charge in [-0.25, -0.2) is 14.1 Å². The molecule has 0 atom stereocenters. The number of hydrogen-bond acceptors (Lipinski definition) is 5. The lowest BCUT2D eigenvalue weighted by molar-refractivity contribution is 0.102. The lowest BCUT2D eigenvalue weighted by atomic mass is 10.0. The molecule has 0 bridgehead atoms.